The zero-order valence-electron chi connectivity index (χ0n) is 24.9. The van der Waals surface area contributed by atoms with Gasteiger partial charge in [-0.3, -0.25) is 4.79 Å². The molecule has 4 aromatic rings. The first-order valence-corrected chi connectivity index (χ1v) is 15.4. The maximum atomic E-state index is 13.3. The normalized spacial score (nSPS) is 13.7. The molecule has 0 radical (unpaired) electrons. The molecule has 1 amide bonds. The highest BCUT2D eigenvalue weighted by Crippen LogP contribution is 2.38. The summed E-state index contributed by atoms with van der Waals surface area (Å²) in [5.41, 5.74) is 3.54. The number of carbonyl (C=O) groups excluding carboxylic acids is 1. The summed E-state index contributed by atoms with van der Waals surface area (Å²) in [5, 5.41) is 0.749. The van der Waals surface area contributed by atoms with Gasteiger partial charge >= 0.3 is 6.18 Å². The van der Waals surface area contributed by atoms with E-state index in [0.717, 1.165) is 58.2 Å². The third-order valence-electron chi connectivity index (χ3n) is 7.60. The number of anilines is 1. The number of aromatic nitrogens is 2. The van der Waals surface area contributed by atoms with E-state index in [1.54, 1.807) is 25.2 Å². The van der Waals surface area contributed by atoms with Gasteiger partial charge in [-0.05, 0) is 73.2 Å². The van der Waals surface area contributed by atoms with Gasteiger partial charge in [-0.25, -0.2) is 4.98 Å². The molecule has 7 nitrogen and oxygen atoms in total. The van der Waals surface area contributed by atoms with Crippen LogP contribution in [0.3, 0.4) is 0 Å². The number of benzene rings is 3. The minimum Gasteiger partial charge on any atom is -0.497 e. The number of amides is 1. The molecule has 0 unspecified atom stereocenters. The van der Waals surface area contributed by atoms with Crippen LogP contribution in [-0.4, -0.2) is 66.5 Å². The van der Waals surface area contributed by atoms with Crippen molar-refractivity contribution in [3.05, 3.63) is 78.4 Å². The summed E-state index contributed by atoms with van der Waals surface area (Å²) in [5.74, 6) is 1.69. The summed E-state index contributed by atoms with van der Waals surface area (Å²) >= 11 is 1.40. The molecule has 1 aliphatic rings. The van der Waals surface area contributed by atoms with Crippen LogP contribution in [0.5, 0.6) is 11.5 Å². The van der Waals surface area contributed by atoms with Crippen LogP contribution in [0.2, 0.25) is 0 Å². The summed E-state index contributed by atoms with van der Waals surface area (Å²) < 4.78 is 52.5. The lowest BCUT2D eigenvalue weighted by Gasteiger charge is -2.36. The molecule has 3 aromatic carbocycles. The van der Waals surface area contributed by atoms with E-state index in [-0.39, 0.29) is 11.7 Å². The molecule has 0 bridgehead atoms. The van der Waals surface area contributed by atoms with E-state index in [1.807, 2.05) is 53.4 Å². The van der Waals surface area contributed by atoms with Gasteiger partial charge in [0.1, 0.15) is 11.5 Å². The van der Waals surface area contributed by atoms with Crippen molar-refractivity contribution in [2.45, 2.75) is 31.2 Å². The van der Waals surface area contributed by atoms with Crippen LogP contribution >= 0.6 is 11.8 Å². The first-order chi connectivity index (χ1) is 21.2. The van der Waals surface area contributed by atoms with Crippen molar-refractivity contribution in [1.82, 2.24) is 14.5 Å². The topological polar surface area (TPSA) is 59.8 Å². The zero-order chi connectivity index (χ0) is 31.3. The lowest BCUT2D eigenvalue weighted by Crippen LogP contribution is -2.49. The lowest BCUT2D eigenvalue weighted by atomic mass is 10.0. The summed E-state index contributed by atoms with van der Waals surface area (Å²) in [4.78, 5) is 22.0. The predicted molar refractivity (Wildman–Crippen MR) is 167 cm³/mol. The number of methoxy groups -OCH3 is 2. The summed E-state index contributed by atoms with van der Waals surface area (Å²) in [7, 11) is 3.26. The zero-order valence-corrected chi connectivity index (χ0v) is 25.8. The highest BCUT2D eigenvalue weighted by atomic mass is 32.2. The summed E-state index contributed by atoms with van der Waals surface area (Å²) in [6, 6.07) is 21.0. The van der Waals surface area contributed by atoms with E-state index in [0.29, 0.717) is 31.9 Å². The molecule has 232 valence electrons. The van der Waals surface area contributed by atoms with Crippen LogP contribution in [0.15, 0.2) is 78.0 Å². The van der Waals surface area contributed by atoms with Gasteiger partial charge in [0.2, 0.25) is 5.91 Å². The number of nitrogens with zero attached hydrogens (tertiary/aromatic N) is 4. The SMILES string of the molecule is CCCn1c(SCC(=O)N2CCN(c3cccc(C(F)(F)F)c3)CC2)nc(-c2ccc(OC)cc2)c1-c1ccc(OC)cc1. The number of hydrogen-bond acceptors (Lipinski definition) is 6. The average molecular weight is 625 g/mol. The molecule has 0 saturated carbocycles. The van der Waals surface area contributed by atoms with Crippen molar-refractivity contribution in [2.75, 3.05) is 51.1 Å². The van der Waals surface area contributed by atoms with Gasteiger partial charge < -0.3 is 23.8 Å². The number of hydrogen-bond donors (Lipinski definition) is 0. The second kappa shape index (κ2) is 13.7. The molecule has 0 spiro atoms. The fourth-order valence-corrected chi connectivity index (χ4v) is 6.21. The molecule has 1 aromatic heterocycles. The van der Waals surface area contributed by atoms with Crippen molar-refractivity contribution in [3.8, 4) is 34.0 Å². The maximum absolute atomic E-state index is 13.3. The molecule has 5 rings (SSSR count). The van der Waals surface area contributed by atoms with Crippen LogP contribution in [0.25, 0.3) is 22.5 Å². The maximum Gasteiger partial charge on any atom is 0.416 e. The molecule has 2 heterocycles. The molecule has 1 saturated heterocycles. The van der Waals surface area contributed by atoms with E-state index in [1.165, 1.54) is 23.9 Å². The van der Waals surface area contributed by atoms with Crippen LogP contribution < -0.4 is 14.4 Å². The number of piperazine rings is 1. The number of halogens is 3. The standard InChI is InChI=1S/C33H35F3N4O3S/c1-4-16-40-31(24-10-14-28(43-3)15-11-24)30(23-8-12-27(42-2)13-9-23)37-32(40)44-22-29(41)39-19-17-38(18-20-39)26-7-5-6-25(21-26)33(34,35)36/h5-15,21H,4,16-20,22H2,1-3H3. The molecule has 1 aliphatic heterocycles. The van der Waals surface area contributed by atoms with Gasteiger partial charge in [0.15, 0.2) is 5.16 Å². The average Bonchev–Trinajstić information content (AvgIpc) is 3.41. The first-order valence-electron chi connectivity index (χ1n) is 14.4. The summed E-state index contributed by atoms with van der Waals surface area (Å²) in [6.07, 6.45) is -3.52. The quantitative estimate of drug-likeness (QED) is 0.176. The number of ether oxygens (including phenoxy) is 2. The van der Waals surface area contributed by atoms with E-state index in [2.05, 4.69) is 11.5 Å². The number of rotatable bonds is 10. The van der Waals surface area contributed by atoms with Crippen molar-refractivity contribution < 1.29 is 27.4 Å². The van der Waals surface area contributed by atoms with Gasteiger partial charge in [0.05, 0.1) is 36.9 Å². The Morgan fingerprint density at radius 1 is 0.886 bits per heavy atom. The summed E-state index contributed by atoms with van der Waals surface area (Å²) in [6.45, 7) is 4.63. The molecule has 0 N–H and O–H groups in total. The second-order valence-corrected chi connectivity index (χ2v) is 11.3. The Labute approximate surface area is 259 Å². The Kier molecular flexibility index (Phi) is 9.73. The highest BCUT2D eigenvalue weighted by Gasteiger charge is 2.31. The predicted octanol–water partition coefficient (Wildman–Crippen LogP) is 7.10. The fraction of sp³-hybridized carbons (Fsp3) is 0.333. The molecular formula is C33H35F3N4O3S. The Hall–Kier alpha value is -4.12. The van der Waals surface area contributed by atoms with Gasteiger partial charge in [-0.1, -0.05) is 24.8 Å². The Morgan fingerprint density at radius 3 is 2.07 bits per heavy atom. The number of carbonyl (C=O) groups is 1. The number of thioether (sulfide) groups is 1. The lowest BCUT2D eigenvalue weighted by molar-refractivity contribution is -0.137. The largest absolute Gasteiger partial charge is 0.497 e. The molecule has 0 atom stereocenters. The van der Waals surface area contributed by atoms with Gasteiger partial charge in [0.25, 0.3) is 0 Å². The molecule has 11 heteroatoms. The van der Waals surface area contributed by atoms with Gasteiger partial charge in [-0.15, -0.1) is 0 Å². The van der Waals surface area contributed by atoms with Crippen LogP contribution in [-0.2, 0) is 17.5 Å². The van der Waals surface area contributed by atoms with Crippen molar-refractivity contribution in [3.63, 3.8) is 0 Å². The van der Waals surface area contributed by atoms with Gasteiger partial charge in [-0.2, -0.15) is 13.2 Å². The minimum atomic E-state index is -4.39. The molecule has 0 aliphatic carbocycles. The number of imidazole rings is 1. The van der Waals surface area contributed by atoms with Crippen LogP contribution in [0, 0.1) is 0 Å². The Bertz CT molecular complexity index is 1560. The molecule has 44 heavy (non-hydrogen) atoms. The van der Waals surface area contributed by atoms with Crippen LogP contribution in [0.1, 0.15) is 18.9 Å². The third kappa shape index (κ3) is 6.99. The fourth-order valence-electron chi connectivity index (χ4n) is 5.28. The Morgan fingerprint density at radius 2 is 1.50 bits per heavy atom. The Balaban J connectivity index is 1.34. The third-order valence-corrected chi connectivity index (χ3v) is 8.56. The van der Waals surface area contributed by atoms with Crippen LogP contribution in [0.4, 0.5) is 18.9 Å². The van der Waals surface area contributed by atoms with Crippen molar-refractivity contribution in [1.29, 1.82) is 0 Å². The number of alkyl halides is 3. The van der Waals surface area contributed by atoms with Gasteiger partial charge in [0, 0.05) is 49.5 Å². The van der Waals surface area contributed by atoms with E-state index in [4.69, 9.17) is 14.5 Å². The van der Waals surface area contributed by atoms with Crippen molar-refractivity contribution in [2.24, 2.45) is 0 Å². The molecular weight excluding hydrogens is 589 g/mol. The monoisotopic (exact) mass is 624 g/mol. The second-order valence-electron chi connectivity index (χ2n) is 10.4. The highest BCUT2D eigenvalue weighted by molar-refractivity contribution is 7.99. The van der Waals surface area contributed by atoms with E-state index >= 15 is 0 Å². The van der Waals surface area contributed by atoms with E-state index in [9.17, 15) is 18.0 Å². The smallest absolute Gasteiger partial charge is 0.416 e. The first kappa shape index (κ1) is 31.3. The van der Waals surface area contributed by atoms with Crippen molar-refractivity contribution >= 4 is 23.4 Å². The molecule has 1 fully saturated rings. The minimum absolute atomic E-state index is 0.0262. The van der Waals surface area contributed by atoms with E-state index < -0.39 is 11.7 Å².